The summed E-state index contributed by atoms with van der Waals surface area (Å²) >= 11 is 1.02. The number of nitrogens with zero attached hydrogens (tertiary/aromatic N) is 5. The summed E-state index contributed by atoms with van der Waals surface area (Å²) in [6.07, 6.45) is 3.57. The van der Waals surface area contributed by atoms with Gasteiger partial charge in [0.05, 0.1) is 12.9 Å². The molecule has 0 radical (unpaired) electrons. The van der Waals surface area contributed by atoms with Gasteiger partial charge in [0.25, 0.3) is 11.8 Å². The van der Waals surface area contributed by atoms with Crippen LogP contribution < -0.4 is 16.8 Å². The van der Waals surface area contributed by atoms with E-state index >= 15 is 0 Å². The number of oxime groups is 1. The fraction of sp³-hybridized carbons (Fsp3) is 0.333. The Morgan fingerprint density at radius 2 is 2.15 bits per heavy atom. The molecule has 0 aliphatic carbocycles. The minimum absolute atomic E-state index is 0.0426. The van der Waals surface area contributed by atoms with Gasteiger partial charge in [-0.3, -0.25) is 14.1 Å². The minimum atomic E-state index is -4.98. The van der Waals surface area contributed by atoms with Crippen LogP contribution in [0.1, 0.15) is 5.69 Å². The summed E-state index contributed by atoms with van der Waals surface area (Å²) in [5.41, 5.74) is 10.2. The molecular formula is C15H18N8O8S2. The standard InChI is InChI=1S/C15H18N8O8S2/c16-14-19-8(6-32-14)10(21-31-4-3-22-2-1-18-7-22)12(24)20-11-9(5-30-15(17)26)23(13(11)25)33(27,28)29/h1-2,6-7,9,11H,3-5H2,(H2,16,19)(H2,17,26)(H,20,24)(H,27,28,29)/b21-10-. The Bertz CT molecular complexity index is 1160. The van der Waals surface area contributed by atoms with Crippen LogP contribution in [0.15, 0.2) is 29.3 Å². The van der Waals surface area contributed by atoms with E-state index in [1.165, 1.54) is 5.38 Å². The average molecular weight is 502 g/mol. The number of nitrogen functional groups attached to an aromatic ring is 1. The number of thiazole rings is 1. The van der Waals surface area contributed by atoms with Crippen molar-refractivity contribution < 1.29 is 36.9 Å². The number of β-lactam (4-membered cyclic amide) rings is 1. The lowest BCUT2D eigenvalue weighted by Crippen LogP contribution is -2.73. The Kier molecular flexibility index (Phi) is 7.09. The molecule has 0 bridgehead atoms. The molecule has 33 heavy (non-hydrogen) atoms. The molecule has 3 heterocycles. The van der Waals surface area contributed by atoms with Crippen LogP contribution in [0.3, 0.4) is 0 Å². The summed E-state index contributed by atoms with van der Waals surface area (Å²) in [5.74, 6) is -2.12. The lowest BCUT2D eigenvalue weighted by atomic mass is 9.99. The lowest BCUT2D eigenvalue weighted by molar-refractivity contribution is -0.146. The third-order valence-corrected chi connectivity index (χ3v) is 5.86. The number of primary amides is 1. The Balaban J connectivity index is 1.75. The fourth-order valence-corrected chi connectivity index (χ4v) is 4.19. The number of nitrogens with one attached hydrogen (secondary N) is 1. The highest BCUT2D eigenvalue weighted by molar-refractivity contribution is 7.84. The van der Waals surface area contributed by atoms with E-state index in [1.807, 2.05) is 0 Å². The molecule has 1 fully saturated rings. The maximum atomic E-state index is 12.8. The van der Waals surface area contributed by atoms with Crippen LogP contribution >= 0.6 is 11.3 Å². The smallest absolute Gasteiger partial charge is 0.404 e. The van der Waals surface area contributed by atoms with Crippen LogP contribution in [0.25, 0.3) is 0 Å². The minimum Gasteiger partial charge on any atom is -0.447 e. The zero-order chi connectivity index (χ0) is 24.2. The first-order chi connectivity index (χ1) is 15.6. The normalized spacial score (nSPS) is 18.5. The Morgan fingerprint density at radius 1 is 1.39 bits per heavy atom. The number of ether oxygens (including phenoxy) is 1. The van der Waals surface area contributed by atoms with Gasteiger partial charge in [-0.15, -0.1) is 11.3 Å². The summed E-state index contributed by atoms with van der Waals surface area (Å²) in [5, 5.41) is 7.59. The molecule has 3 amide bonds. The van der Waals surface area contributed by atoms with E-state index in [4.69, 9.17) is 16.3 Å². The van der Waals surface area contributed by atoms with Crippen LogP contribution in [-0.2, 0) is 36.0 Å². The topological polar surface area (TPSA) is 234 Å². The second-order valence-electron chi connectivity index (χ2n) is 6.40. The number of hydrogen-bond donors (Lipinski definition) is 4. The summed E-state index contributed by atoms with van der Waals surface area (Å²) in [7, 11) is -4.98. The monoisotopic (exact) mass is 502 g/mol. The van der Waals surface area contributed by atoms with Gasteiger partial charge in [0, 0.05) is 17.8 Å². The molecule has 1 saturated heterocycles. The van der Waals surface area contributed by atoms with Gasteiger partial charge in [0.1, 0.15) is 31.0 Å². The number of carbonyl (C=O) groups is 3. The SMILES string of the molecule is NC(=O)OCC1C(NC(=O)/C(=N\OCCn2ccnc2)c2csc(N)n2)C(=O)N1S(=O)(=O)O. The largest absolute Gasteiger partial charge is 0.447 e. The van der Waals surface area contributed by atoms with Crippen molar-refractivity contribution in [2.75, 3.05) is 18.9 Å². The summed E-state index contributed by atoms with van der Waals surface area (Å²) < 4.78 is 38.4. The van der Waals surface area contributed by atoms with Gasteiger partial charge in [-0.1, -0.05) is 5.16 Å². The maximum Gasteiger partial charge on any atom is 0.404 e. The summed E-state index contributed by atoms with van der Waals surface area (Å²) in [6.45, 7) is -0.279. The van der Waals surface area contributed by atoms with Crippen LogP contribution in [0, 0.1) is 0 Å². The summed E-state index contributed by atoms with van der Waals surface area (Å²) in [4.78, 5) is 49.0. The number of imidazole rings is 1. The van der Waals surface area contributed by atoms with Crippen molar-refractivity contribution >= 4 is 50.4 Å². The van der Waals surface area contributed by atoms with E-state index < -0.39 is 46.9 Å². The Morgan fingerprint density at radius 3 is 2.73 bits per heavy atom. The van der Waals surface area contributed by atoms with Crippen molar-refractivity contribution in [3.8, 4) is 0 Å². The van der Waals surface area contributed by atoms with Crippen molar-refractivity contribution in [2.45, 2.75) is 18.6 Å². The third-order valence-electron chi connectivity index (χ3n) is 4.24. The first-order valence-electron chi connectivity index (χ1n) is 8.98. The van der Waals surface area contributed by atoms with Crippen LogP contribution in [0.4, 0.5) is 9.93 Å². The van der Waals surface area contributed by atoms with Crippen LogP contribution in [0.2, 0.25) is 0 Å². The molecule has 178 valence electrons. The molecule has 0 spiro atoms. The first-order valence-corrected chi connectivity index (χ1v) is 11.3. The molecule has 3 rings (SSSR count). The van der Waals surface area contributed by atoms with E-state index in [0.29, 0.717) is 6.54 Å². The van der Waals surface area contributed by atoms with Gasteiger partial charge in [0.15, 0.2) is 10.8 Å². The molecule has 1 aliphatic rings. The first kappa shape index (κ1) is 23.9. The zero-order valence-corrected chi connectivity index (χ0v) is 18.2. The van der Waals surface area contributed by atoms with Gasteiger partial charge >= 0.3 is 16.4 Å². The Labute approximate surface area is 190 Å². The van der Waals surface area contributed by atoms with Crippen LogP contribution in [0.5, 0.6) is 0 Å². The number of amides is 3. The van der Waals surface area contributed by atoms with Crippen LogP contribution in [-0.4, -0.2) is 80.7 Å². The fourth-order valence-electron chi connectivity index (χ4n) is 2.78. The molecule has 2 aromatic rings. The predicted octanol–water partition coefficient (Wildman–Crippen LogP) is -2.06. The van der Waals surface area contributed by atoms with Crippen molar-refractivity contribution in [1.82, 2.24) is 24.2 Å². The van der Waals surface area contributed by atoms with E-state index in [1.54, 1.807) is 23.3 Å². The highest BCUT2D eigenvalue weighted by Gasteiger charge is 2.54. The molecule has 2 atom stereocenters. The number of hydrogen-bond acceptors (Lipinski definition) is 12. The van der Waals surface area contributed by atoms with E-state index in [2.05, 4.69) is 25.2 Å². The highest BCUT2D eigenvalue weighted by Crippen LogP contribution is 2.24. The maximum absolute atomic E-state index is 12.8. The lowest BCUT2D eigenvalue weighted by Gasteiger charge is -2.43. The highest BCUT2D eigenvalue weighted by atomic mass is 32.2. The van der Waals surface area contributed by atoms with Crippen molar-refractivity contribution in [3.05, 3.63) is 29.8 Å². The van der Waals surface area contributed by atoms with Gasteiger partial charge in [-0.05, 0) is 0 Å². The van der Waals surface area contributed by atoms with Gasteiger partial charge in [0.2, 0.25) is 0 Å². The molecule has 2 aromatic heterocycles. The average Bonchev–Trinajstić information content (AvgIpc) is 3.39. The number of carbonyl (C=O) groups excluding carboxylic acids is 3. The van der Waals surface area contributed by atoms with E-state index in [9.17, 15) is 27.4 Å². The number of nitrogens with two attached hydrogens (primary N) is 2. The molecule has 1 aliphatic heterocycles. The number of rotatable bonds is 10. The van der Waals surface area contributed by atoms with Gasteiger partial charge in [-0.2, -0.15) is 8.42 Å². The van der Waals surface area contributed by atoms with E-state index in [-0.39, 0.29) is 27.4 Å². The second kappa shape index (κ2) is 9.79. The van der Waals surface area contributed by atoms with Gasteiger partial charge < -0.3 is 30.9 Å². The molecule has 6 N–H and O–H groups in total. The Hall–Kier alpha value is -3.77. The quantitative estimate of drug-likeness (QED) is 0.0905. The molecular weight excluding hydrogens is 484 g/mol. The van der Waals surface area contributed by atoms with Crippen molar-refractivity contribution in [1.29, 1.82) is 0 Å². The molecule has 16 nitrogen and oxygen atoms in total. The van der Waals surface area contributed by atoms with Crippen molar-refractivity contribution in [3.63, 3.8) is 0 Å². The second-order valence-corrected chi connectivity index (χ2v) is 8.58. The van der Waals surface area contributed by atoms with Crippen molar-refractivity contribution in [2.24, 2.45) is 10.9 Å². The molecule has 18 heteroatoms. The zero-order valence-electron chi connectivity index (χ0n) is 16.6. The summed E-state index contributed by atoms with van der Waals surface area (Å²) in [6, 6.07) is -2.92. The molecule has 2 unspecified atom stereocenters. The third kappa shape index (κ3) is 5.73. The molecule has 0 saturated carbocycles. The number of anilines is 1. The predicted molar refractivity (Wildman–Crippen MR) is 111 cm³/mol. The van der Waals surface area contributed by atoms with E-state index in [0.717, 1.165) is 11.3 Å². The van der Waals surface area contributed by atoms with Gasteiger partial charge in [-0.25, -0.2) is 19.1 Å². The number of aromatic nitrogens is 3. The molecule has 0 aromatic carbocycles.